The van der Waals surface area contributed by atoms with Crippen molar-refractivity contribution in [3.63, 3.8) is 0 Å². The van der Waals surface area contributed by atoms with Gasteiger partial charge in [0.25, 0.3) is 0 Å². The van der Waals surface area contributed by atoms with Crippen molar-refractivity contribution in [3.05, 3.63) is 24.3 Å². The molecule has 3 rings (SSSR count). The normalized spacial score (nSPS) is 18.7. The first-order valence-electron chi connectivity index (χ1n) is 10.3. The van der Waals surface area contributed by atoms with Crippen LogP contribution in [-0.2, 0) is 9.59 Å². The van der Waals surface area contributed by atoms with Crippen LogP contribution in [0.4, 0.5) is 11.4 Å². The molecule has 0 aromatic heterocycles. The summed E-state index contributed by atoms with van der Waals surface area (Å²) >= 11 is 0. The van der Waals surface area contributed by atoms with Crippen molar-refractivity contribution in [1.29, 1.82) is 0 Å². The number of amides is 2. The van der Waals surface area contributed by atoms with Crippen molar-refractivity contribution >= 4 is 48.0 Å². The molecule has 1 aromatic carbocycles. The predicted octanol–water partition coefficient (Wildman–Crippen LogP) is 3.53. The van der Waals surface area contributed by atoms with E-state index in [4.69, 9.17) is 0 Å². The maximum absolute atomic E-state index is 12.3. The zero-order chi connectivity index (χ0) is 19.1. The van der Waals surface area contributed by atoms with Gasteiger partial charge in [0.05, 0.1) is 6.54 Å². The molecule has 0 aliphatic carbocycles. The highest BCUT2D eigenvalue weighted by Crippen LogP contribution is 2.19. The number of hydrogen-bond donors (Lipinski definition) is 3. The molecule has 2 fully saturated rings. The first kappa shape index (κ1) is 25.7. The topological polar surface area (TPSA) is 73.5 Å². The summed E-state index contributed by atoms with van der Waals surface area (Å²) in [6.45, 7) is 6.26. The van der Waals surface area contributed by atoms with Gasteiger partial charge in [-0.15, -0.1) is 24.8 Å². The Morgan fingerprint density at radius 3 is 2.00 bits per heavy atom. The Hall–Kier alpha value is -1.34. The zero-order valence-electron chi connectivity index (χ0n) is 17.1. The molecule has 2 amide bonds. The van der Waals surface area contributed by atoms with Crippen LogP contribution in [-0.4, -0.2) is 49.4 Å². The molecule has 2 aliphatic heterocycles. The highest BCUT2D eigenvalue weighted by molar-refractivity contribution is 5.94. The van der Waals surface area contributed by atoms with Crippen molar-refractivity contribution in [2.45, 2.75) is 39.0 Å². The number of carbonyl (C=O) groups excluding carboxylic acids is 2. The van der Waals surface area contributed by atoms with Gasteiger partial charge in [-0.3, -0.25) is 14.5 Å². The van der Waals surface area contributed by atoms with Gasteiger partial charge in [-0.05, 0) is 69.2 Å². The summed E-state index contributed by atoms with van der Waals surface area (Å²) < 4.78 is 0. The van der Waals surface area contributed by atoms with Crippen LogP contribution in [0.2, 0.25) is 0 Å². The van der Waals surface area contributed by atoms with Crippen LogP contribution in [0, 0.1) is 11.8 Å². The van der Waals surface area contributed by atoms with Gasteiger partial charge in [-0.1, -0.05) is 26.2 Å². The highest BCUT2D eigenvalue weighted by Gasteiger charge is 2.28. The number of rotatable bonds is 6. The Morgan fingerprint density at radius 2 is 1.48 bits per heavy atom. The third kappa shape index (κ3) is 8.13. The number of likely N-dealkylation sites (tertiary alicyclic amines) is 1. The lowest BCUT2D eigenvalue weighted by molar-refractivity contribution is -0.121. The summed E-state index contributed by atoms with van der Waals surface area (Å²) in [6, 6.07) is 7.37. The molecule has 6 nitrogen and oxygen atoms in total. The van der Waals surface area contributed by atoms with Crippen molar-refractivity contribution in [2.24, 2.45) is 11.8 Å². The van der Waals surface area contributed by atoms with Crippen LogP contribution in [0.15, 0.2) is 24.3 Å². The number of nitrogens with one attached hydrogen (secondary N) is 3. The van der Waals surface area contributed by atoms with E-state index in [1.165, 1.54) is 32.1 Å². The molecule has 1 unspecified atom stereocenters. The fourth-order valence-electron chi connectivity index (χ4n) is 3.65. The van der Waals surface area contributed by atoms with Gasteiger partial charge in [-0.2, -0.15) is 0 Å². The van der Waals surface area contributed by atoms with Crippen LogP contribution >= 0.6 is 24.8 Å². The Balaban J connectivity index is 0.00000210. The van der Waals surface area contributed by atoms with Crippen molar-refractivity contribution in [3.8, 4) is 0 Å². The van der Waals surface area contributed by atoms with Crippen molar-refractivity contribution in [2.75, 3.05) is 43.4 Å². The minimum atomic E-state index is 0. The minimum absolute atomic E-state index is 0. The largest absolute Gasteiger partial charge is 0.326 e. The van der Waals surface area contributed by atoms with E-state index in [1.807, 2.05) is 31.2 Å². The van der Waals surface area contributed by atoms with Gasteiger partial charge in [0.15, 0.2) is 0 Å². The first-order chi connectivity index (χ1) is 13.1. The van der Waals surface area contributed by atoms with Crippen LogP contribution in [0.1, 0.15) is 39.0 Å². The molecule has 164 valence electrons. The van der Waals surface area contributed by atoms with Gasteiger partial charge >= 0.3 is 0 Å². The van der Waals surface area contributed by atoms with Gasteiger partial charge < -0.3 is 16.0 Å². The molecule has 1 atom stereocenters. The van der Waals surface area contributed by atoms with E-state index in [1.54, 1.807) is 0 Å². The van der Waals surface area contributed by atoms with Gasteiger partial charge in [0.2, 0.25) is 11.8 Å². The Kier molecular flexibility index (Phi) is 11.6. The summed E-state index contributed by atoms with van der Waals surface area (Å²) in [4.78, 5) is 26.8. The molecule has 8 heteroatoms. The standard InChI is InChI=1S/C21H32N4O2.2ClH/c1-16(17-13-22-14-17)21(27)24-19-9-7-18(8-10-19)23-20(26)15-25-11-5-3-2-4-6-12-25;;/h7-10,16-17,22H,2-6,11-15H2,1H3,(H,23,26)(H,24,27);2*1H. The van der Waals surface area contributed by atoms with Crippen LogP contribution in [0.3, 0.4) is 0 Å². The molecule has 0 spiro atoms. The van der Waals surface area contributed by atoms with Crippen molar-refractivity contribution in [1.82, 2.24) is 10.2 Å². The van der Waals surface area contributed by atoms with Crippen LogP contribution < -0.4 is 16.0 Å². The average molecular weight is 445 g/mol. The molecule has 3 N–H and O–H groups in total. The zero-order valence-corrected chi connectivity index (χ0v) is 18.7. The number of carbonyl (C=O) groups is 2. The molecular weight excluding hydrogens is 411 g/mol. The van der Waals surface area contributed by atoms with E-state index < -0.39 is 0 Å². The summed E-state index contributed by atoms with van der Waals surface area (Å²) in [6.07, 6.45) is 6.20. The monoisotopic (exact) mass is 444 g/mol. The van der Waals surface area contributed by atoms with E-state index in [9.17, 15) is 9.59 Å². The van der Waals surface area contributed by atoms with Crippen LogP contribution in [0.5, 0.6) is 0 Å². The molecule has 0 radical (unpaired) electrons. The summed E-state index contributed by atoms with van der Waals surface area (Å²) in [5.41, 5.74) is 1.53. The SMILES string of the molecule is CC(C(=O)Nc1ccc(NC(=O)CN2CCCCCCC2)cc1)C1CNC1.Cl.Cl. The highest BCUT2D eigenvalue weighted by atomic mass is 35.5. The van der Waals surface area contributed by atoms with E-state index in [0.717, 1.165) is 37.6 Å². The Bertz CT molecular complexity index is 630. The van der Waals surface area contributed by atoms with Gasteiger partial charge in [0, 0.05) is 17.3 Å². The molecule has 0 bridgehead atoms. The van der Waals surface area contributed by atoms with E-state index in [2.05, 4.69) is 20.9 Å². The maximum atomic E-state index is 12.3. The third-order valence-electron chi connectivity index (χ3n) is 5.69. The summed E-state index contributed by atoms with van der Waals surface area (Å²) in [7, 11) is 0. The number of anilines is 2. The van der Waals surface area contributed by atoms with E-state index in [0.29, 0.717) is 12.5 Å². The lowest BCUT2D eigenvalue weighted by Crippen LogP contribution is -2.48. The number of nitrogens with zero attached hydrogens (tertiary/aromatic N) is 1. The van der Waals surface area contributed by atoms with Gasteiger partial charge in [0.1, 0.15) is 0 Å². The summed E-state index contributed by atoms with van der Waals surface area (Å²) in [5.74, 6) is 0.504. The molecule has 29 heavy (non-hydrogen) atoms. The number of halogens is 2. The molecule has 1 aromatic rings. The third-order valence-corrected chi connectivity index (χ3v) is 5.69. The van der Waals surface area contributed by atoms with Gasteiger partial charge in [-0.25, -0.2) is 0 Å². The second-order valence-electron chi connectivity index (χ2n) is 7.87. The molecule has 0 saturated carbocycles. The average Bonchev–Trinajstić information content (AvgIpc) is 2.57. The van der Waals surface area contributed by atoms with E-state index >= 15 is 0 Å². The fraction of sp³-hybridized carbons (Fsp3) is 0.619. The second-order valence-corrected chi connectivity index (χ2v) is 7.87. The quantitative estimate of drug-likeness (QED) is 0.627. The molecular formula is C21H34Cl2N4O2. The van der Waals surface area contributed by atoms with Crippen molar-refractivity contribution < 1.29 is 9.59 Å². The predicted molar refractivity (Wildman–Crippen MR) is 123 cm³/mol. The molecule has 2 aliphatic rings. The smallest absolute Gasteiger partial charge is 0.238 e. The first-order valence-corrected chi connectivity index (χ1v) is 10.3. The number of benzene rings is 1. The fourth-order valence-corrected chi connectivity index (χ4v) is 3.65. The lowest BCUT2D eigenvalue weighted by Gasteiger charge is -2.31. The summed E-state index contributed by atoms with van der Waals surface area (Å²) in [5, 5.41) is 9.12. The van der Waals surface area contributed by atoms with E-state index in [-0.39, 0.29) is 42.5 Å². The Labute approximate surface area is 186 Å². The molecule has 2 heterocycles. The minimum Gasteiger partial charge on any atom is -0.326 e. The maximum Gasteiger partial charge on any atom is 0.238 e. The second kappa shape index (κ2) is 13.1. The molecule has 2 saturated heterocycles. The lowest BCUT2D eigenvalue weighted by atomic mass is 9.88. The number of hydrogen-bond acceptors (Lipinski definition) is 4. The Morgan fingerprint density at radius 1 is 0.966 bits per heavy atom. The van der Waals surface area contributed by atoms with Crippen LogP contribution in [0.25, 0.3) is 0 Å².